The van der Waals surface area contributed by atoms with Gasteiger partial charge in [0.1, 0.15) is 6.04 Å². The van der Waals surface area contributed by atoms with Crippen LogP contribution in [0.25, 0.3) is 0 Å². The quantitative estimate of drug-likeness (QED) is 0.610. The van der Waals surface area contributed by atoms with E-state index < -0.39 is 17.9 Å². The molecule has 1 spiro atoms. The van der Waals surface area contributed by atoms with Gasteiger partial charge in [-0.15, -0.1) is 0 Å². The zero-order chi connectivity index (χ0) is 19.0. The minimum Gasteiger partial charge on any atom is -0.368 e. The van der Waals surface area contributed by atoms with Crippen LogP contribution >= 0.6 is 0 Å². The van der Waals surface area contributed by atoms with Crippen molar-refractivity contribution in [1.82, 2.24) is 15.3 Å². The minimum absolute atomic E-state index is 0.00862. The Hall–Kier alpha value is -2.12. The third-order valence-electron chi connectivity index (χ3n) is 6.46. The maximum Gasteiger partial charge on any atom is 0.248 e. The largest absolute Gasteiger partial charge is 0.368 e. The SMILES string of the molecule is CN1CC2(CC2)CC(C(=O)NO)C1C(=O)N1CCN(c2ccccc2)CC1. The number of amides is 2. The second-order valence-electron chi connectivity index (χ2n) is 8.29. The molecule has 0 aromatic heterocycles. The monoisotopic (exact) mass is 372 g/mol. The van der Waals surface area contributed by atoms with Gasteiger partial charge in [0.2, 0.25) is 11.8 Å². The number of nitrogens with one attached hydrogen (secondary N) is 1. The highest BCUT2D eigenvalue weighted by Gasteiger charge is 2.55. The molecule has 3 fully saturated rings. The molecule has 2 aliphatic heterocycles. The third kappa shape index (κ3) is 3.53. The molecule has 1 aromatic carbocycles. The number of likely N-dealkylation sites (N-methyl/N-ethyl adjacent to an activating group) is 1. The Labute approximate surface area is 159 Å². The first-order valence-electron chi connectivity index (χ1n) is 9.76. The summed E-state index contributed by atoms with van der Waals surface area (Å²) < 4.78 is 0. The van der Waals surface area contributed by atoms with E-state index in [9.17, 15) is 14.8 Å². The molecule has 146 valence electrons. The first-order chi connectivity index (χ1) is 13.0. The number of hydrogen-bond acceptors (Lipinski definition) is 5. The van der Waals surface area contributed by atoms with Crippen molar-refractivity contribution in [2.75, 3.05) is 44.7 Å². The number of benzene rings is 1. The maximum absolute atomic E-state index is 13.3. The highest BCUT2D eigenvalue weighted by atomic mass is 16.5. The molecular weight excluding hydrogens is 344 g/mol. The second kappa shape index (κ2) is 7.13. The maximum atomic E-state index is 13.3. The van der Waals surface area contributed by atoms with E-state index in [1.54, 1.807) is 5.48 Å². The summed E-state index contributed by atoms with van der Waals surface area (Å²) in [6.07, 6.45) is 2.89. The molecule has 2 N–H and O–H groups in total. The molecule has 2 saturated heterocycles. The summed E-state index contributed by atoms with van der Waals surface area (Å²) in [7, 11) is 1.93. The summed E-state index contributed by atoms with van der Waals surface area (Å²) in [5, 5.41) is 9.18. The smallest absolute Gasteiger partial charge is 0.248 e. The topological polar surface area (TPSA) is 76.1 Å². The van der Waals surface area contributed by atoms with Crippen LogP contribution in [0.5, 0.6) is 0 Å². The van der Waals surface area contributed by atoms with Crippen molar-refractivity contribution in [2.24, 2.45) is 11.3 Å². The second-order valence-corrected chi connectivity index (χ2v) is 8.29. The molecule has 3 aliphatic rings. The summed E-state index contributed by atoms with van der Waals surface area (Å²) in [4.78, 5) is 31.8. The van der Waals surface area contributed by atoms with Crippen molar-refractivity contribution in [3.63, 3.8) is 0 Å². The van der Waals surface area contributed by atoms with E-state index in [4.69, 9.17) is 0 Å². The van der Waals surface area contributed by atoms with Gasteiger partial charge in [-0.1, -0.05) is 18.2 Å². The van der Waals surface area contributed by atoms with E-state index in [0.29, 0.717) is 19.5 Å². The van der Waals surface area contributed by atoms with E-state index >= 15 is 0 Å². The van der Waals surface area contributed by atoms with Crippen LogP contribution in [0.2, 0.25) is 0 Å². The first-order valence-corrected chi connectivity index (χ1v) is 9.76. The van der Waals surface area contributed by atoms with Crippen molar-refractivity contribution in [3.8, 4) is 0 Å². The van der Waals surface area contributed by atoms with Gasteiger partial charge >= 0.3 is 0 Å². The van der Waals surface area contributed by atoms with Gasteiger partial charge in [-0.25, -0.2) is 5.48 Å². The van der Waals surface area contributed by atoms with E-state index in [0.717, 1.165) is 32.5 Å². The number of piperazine rings is 1. The van der Waals surface area contributed by atoms with Crippen molar-refractivity contribution < 1.29 is 14.8 Å². The molecule has 2 heterocycles. The molecule has 7 heteroatoms. The summed E-state index contributed by atoms with van der Waals surface area (Å²) >= 11 is 0. The lowest BCUT2D eigenvalue weighted by molar-refractivity contribution is -0.150. The van der Waals surface area contributed by atoms with Gasteiger partial charge in [-0.05, 0) is 43.9 Å². The summed E-state index contributed by atoms with van der Waals surface area (Å²) in [6.45, 7) is 3.72. The van der Waals surface area contributed by atoms with Crippen LogP contribution in [0.4, 0.5) is 5.69 Å². The zero-order valence-electron chi connectivity index (χ0n) is 15.8. The summed E-state index contributed by atoms with van der Waals surface area (Å²) in [6, 6.07) is 9.73. The van der Waals surface area contributed by atoms with Crippen molar-refractivity contribution >= 4 is 17.5 Å². The molecule has 1 aromatic rings. The van der Waals surface area contributed by atoms with Gasteiger partial charge in [0.25, 0.3) is 0 Å². The Bertz CT molecular complexity index is 698. The number of para-hydroxylation sites is 1. The standard InChI is InChI=1S/C20H28N4O3/c1-22-14-20(7-8-20)13-16(18(25)21-27)17(22)19(26)24-11-9-23(10-12-24)15-5-3-2-4-6-15/h2-6,16-17,27H,7-14H2,1H3,(H,21,25). The average molecular weight is 372 g/mol. The van der Waals surface area contributed by atoms with Gasteiger partial charge in [0.15, 0.2) is 0 Å². The predicted molar refractivity (Wildman–Crippen MR) is 101 cm³/mol. The van der Waals surface area contributed by atoms with Crippen LogP contribution in [0, 0.1) is 11.3 Å². The Balaban J connectivity index is 1.44. The molecular formula is C20H28N4O3. The number of likely N-dealkylation sites (tertiary alicyclic amines) is 1. The van der Waals surface area contributed by atoms with Crippen LogP contribution in [-0.4, -0.2) is 72.6 Å². The summed E-state index contributed by atoms with van der Waals surface area (Å²) in [5.41, 5.74) is 3.13. The third-order valence-corrected chi connectivity index (χ3v) is 6.46. The number of piperidine rings is 1. The molecule has 7 nitrogen and oxygen atoms in total. The number of carbonyl (C=O) groups excluding carboxylic acids is 2. The van der Waals surface area contributed by atoms with Crippen LogP contribution in [0.15, 0.2) is 30.3 Å². The van der Waals surface area contributed by atoms with Crippen LogP contribution < -0.4 is 10.4 Å². The number of hydroxylamine groups is 1. The Morgan fingerprint density at radius 2 is 1.78 bits per heavy atom. The van der Waals surface area contributed by atoms with Gasteiger partial charge in [-0.3, -0.25) is 19.7 Å². The summed E-state index contributed by atoms with van der Waals surface area (Å²) in [5.74, 6) is -0.917. The van der Waals surface area contributed by atoms with E-state index in [2.05, 4.69) is 17.0 Å². The van der Waals surface area contributed by atoms with Gasteiger partial charge in [0.05, 0.1) is 5.92 Å². The molecule has 0 bridgehead atoms. The molecule has 2 unspecified atom stereocenters. The van der Waals surface area contributed by atoms with Crippen molar-refractivity contribution in [2.45, 2.75) is 25.3 Å². The first kappa shape index (κ1) is 18.3. The molecule has 27 heavy (non-hydrogen) atoms. The van der Waals surface area contributed by atoms with Crippen LogP contribution in [0.3, 0.4) is 0 Å². The average Bonchev–Trinajstić information content (AvgIpc) is 3.45. The molecule has 2 amide bonds. The van der Waals surface area contributed by atoms with E-state index in [1.807, 2.05) is 35.0 Å². The van der Waals surface area contributed by atoms with Crippen LogP contribution in [0.1, 0.15) is 19.3 Å². The normalized spacial score (nSPS) is 27.5. The van der Waals surface area contributed by atoms with Crippen molar-refractivity contribution in [1.29, 1.82) is 0 Å². The van der Waals surface area contributed by atoms with E-state index in [1.165, 1.54) is 5.69 Å². The van der Waals surface area contributed by atoms with Gasteiger partial charge in [0, 0.05) is 38.4 Å². The molecule has 2 atom stereocenters. The zero-order valence-corrected chi connectivity index (χ0v) is 15.8. The fraction of sp³-hybridized carbons (Fsp3) is 0.600. The Morgan fingerprint density at radius 3 is 2.37 bits per heavy atom. The fourth-order valence-corrected chi connectivity index (χ4v) is 4.81. The highest BCUT2D eigenvalue weighted by Crippen LogP contribution is 2.54. The molecule has 0 radical (unpaired) electrons. The number of anilines is 1. The van der Waals surface area contributed by atoms with E-state index in [-0.39, 0.29) is 11.3 Å². The van der Waals surface area contributed by atoms with Gasteiger partial charge in [-0.2, -0.15) is 0 Å². The predicted octanol–water partition coefficient (Wildman–Crippen LogP) is 0.941. The number of hydrogen-bond donors (Lipinski definition) is 2. The van der Waals surface area contributed by atoms with Crippen molar-refractivity contribution in [3.05, 3.63) is 30.3 Å². The van der Waals surface area contributed by atoms with Crippen LogP contribution in [-0.2, 0) is 9.59 Å². The number of rotatable bonds is 3. The molecule has 1 saturated carbocycles. The minimum atomic E-state index is -0.494. The molecule has 1 aliphatic carbocycles. The number of carbonyl (C=O) groups is 2. The number of nitrogens with zero attached hydrogens (tertiary/aromatic N) is 3. The lowest BCUT2D eigenvalue weighted by Crippen LogP contribution is -2.61. The van der Waals surface area contributed by atoms with Gasteiger partial charge < -0.3 is 9.80 Å². The highest BCUT2D eigenvalue weighted by molar-refractivity contribution is 5.90. The Morgan fingerprint density at radius 1 is 1.11 bits per heavy atom. The fourth-order valence-electron chi connectivity index (χ4n) is 4.81. The lowest BCUT2D eigenvalue weighted by atomic mass is 9.80. The Kier molecular flexibility index (Phi) is 4.82. The molecule has 4 rings (SSSR count). The lowest BCUT2D eigenvalue weighted by Gasteiger charge is -2.45.